The Kier molecular flexibility index (Phi) is 4.57. The third-order valence-electron chi connectivity index (χ3n) is 4.60. The van der Waals surface area contributed by atoms with Gasteiger partial charge < -0.3 is 14.6 Å². The molecule has 2 aromatic heterocycles. The number of carbonyl (C=O) groups is 1. The number of piperidine rings is 1. The number of benzene rings is 1. The molecule has 3 heterocycles. The Balaban J connectivity index is 1.39. The van der Waals surface area contributed by atoms with E-state index in [1.807, 2.05) is 36.1 Å². The van der Waals surface area contributed by atoms with Crippen LogP contribution in [0.2, 0.25) is 0 Å². The van der Waals surface area contributed by atoms with E-state index < -0.39 is 0 Å². The van der Waals surface area contributed by atoms with Crippen molar-refractivity contribution in [1.29, 1.82) is 0 Å². The van der Waals surface area contributed by atoms with E-state index in [2.05, 4.69) is 30.7 Å². The molecule has 0 radical (unpaired) electrons. The first-order chi connectivity index (χ1) is 13.1. The smallest absolute Gasteiger partial charge is 0.321 e. The number of rotatable bonds is 3. The SMILES string of the molecule is Cc1nc(C2CCCN(C(=O)Nc3ccc(-c4nnc(C)o4)cc3)C2)n[nH]1. The van der Waals surface area contributed by atoms with E-state index in [1.165, 1.54) is 0 Å². The summed E-state index contributed by atoms with van der Waals surface area (Å²) >= 11 is 0. The Labute approximate surface area is 156 Å². The lowest BCUT2D eigenvalue weighted by atomic mass is 9.98. The van der Waals surface area contributed by atoms with Gasteiger partial charge in [-0.3, -0.25) is 5.10 Å². The number of aromatic amines is 1. The van der Waals surface area contributed by atoms with Crippen molar-refractivity contribution in [3.05, 3.63) is 41.8 Å². The van der Waals surface area contributed by atoms with Crippen molar-refractivity contribution in [1.82, 2.24) is 30.3 Å². The van der Waals surface area contributed by atoms with Crippen LogP contribution >= 0.6 is 0 Å². The van der Waals surface area contributed by atoms with Crippen molar-refractivity contribution in [2.45, 2.75) is 32.6 Å². The van der Waals surface area contributed by atoms with Crippen LogP contribution in [0.3, 0.4) is 0 Å². The molecule has 1 saturated heterocycles. The number of amides is 2. The van der Waals surface area contributed by atoms with Gasteiger partial charge in [-0.05, 0) is 44.0 Å². The molecule has 4 rings (SSSR count). The molecule has 2 amide bonds. The Hall–Kier alpha value is -3.23. The molecule has 9 nitrogen and oxygen atoms in total. The average molecular weight is 367 g/mol. The number of aromatic nitrogens is 5. The molecule has 0 aliphatic carbocycles. The molecule has 1 aliphatic rings. The quantitative estimate of drug-likeness (QED) is 0.736. The van der Waals surface area contributed by atoms with Gasteiger partial charge in [0.15, 0.2) is 5.82 Å². The molecule has 9 heteroatoms. The first kappa shape index (κ1) is 17.2. The molecular weight excluding hydrogens is 346 g/mol. The summed E-state index contributed by atoms with van der Waals surface area (Å²) < 4.78 is 5.41. The summed E-state index contributed by atoms with van der Waals surface area (Å²) in [5, 5.41) is 17.9. The predicted molar refractivity (Wildman–Crippen MR) is 98.2 cm³/mol. The first-order valence-electron chi connectivity index (χ1n) is 8.94. The second kappa shape index (κ2) is 7.18. The summed E-state index contributed by atoms with van der Waals surface area (Å²) in [6.45, 7) is 4.97. The fraction of sp³-hybridized carbons (Fsp3) is 0.389. The van der Waals surface area contributed by atoms with Gasteiger partial charge in [-0.2, -0.15) is 5.10 Å². The number of urea groups is 1. The first-order valence-corrected chi connectivity index (χ1v) is 8.94. The summed E-state index contributed by atoms with van der Waals surface area (Å²) in [6.07, 6.45) is 1.92. The molecule has 27 heavy (non-hydrogen) atoms. The summed E-state index contributed by atoms with van der Waals surface area (Å²) in [5.74, 6) is 2.72. The Morgan fingerprint density at radius 3 is 2.74 bits per heavy atom. The van der Waals surface area contributed by atoms with Gasteiger partial charge in [0.05, 0.1) is 0 Å². The van der Waals surface area contributed by atoms with Gasteiger partial charge in [0.1, 0.15) is 5.82 Å². The maximum absolute atomic E-state index is 12.6. The normalized spacial score (nSPS) is 17.1. The van der Waals surface area contributed by atoms with E-state index in [0.29, 0.717) is 18.3 Å². The second-order valence-electron chi connectivity index (χ2n) is 6.70. The molecule has 1 aliphatic heterocycles. The van der Waals surface area contributed by atoms with Gasteiger partial charge in [-0.1, -0.05) is 0 Å². The van der Waals surface area contributed by atoms with Crippen LogP contribution < -0.4 is 5.32 Å². The maximum Gasteiger partial charge on any atom is 0.321 e. The van der Waals surface area contributed by atoms with Gasteiger partial charge in [-0.25, -0.2) is 9.78 Å². The lowest BCUT2D eigenvalue weighted by molar-refractivity contribution is 0.191. The highest BCUT2D eigenvalue weighted by Gasteiger charge is 2.27. The van der Waals surface area contributed by atoms with Crippen molar-refractivity contribution in [3.63, 3.8) is 0 Å². The molecule has 1 unspecified atom stereocenters. The summed E-state index contributed by atoms with van der Waals surface area (Å²) in [5.41, 5.74) is 1.53. The number of nitrogens with one attached hydrogen (secondary N) is 2. The van der Waals surface area contributed by atoms with Crippen molar-refractivity contribution in [2.24, 2.45) is 0 Å². The maximum atomic E-state index is 12.6. The third-order valence-corrected chi connectivity index (χ3v) is 4.60. The van der Waals surface area contributed by atoms with E-state index in [0.717, 1.165) is 42.3 Å². The van der Waals surface area contributed by atoms with E-state index in [9.17, 15) is 4.79 Å². The minimum absolute atomic E-state index is 0.117. The van der Waals surface area contributed by atoms with Crippen LogP contribution in [0, 0.1) is 13.8 Å². The van der Waals surface area contributed by atoms with Gasteiger partial charge in [0.2, 0.25) is 11.8 Å². The molecule has 1 fully saturated rings. The molecule has 2 N–H and O–H groups in total. The monoisotopic (exact) mass is 367 g/mol. The van der Waals surface area contributed by atoms with Crippen LogP contribution in [0.15, 0.2) is 28.7 Å². The van der Waals surface area contributed by atoms with Gasteiger partial charge in [0, 0.05) is 37.2 Å². The predicted octanol–water partition coefficient (Wildman–Crippen LogP) is 2.88. The largest absolute Gasteiger partial charge is 0.421 e. The fourth-order valence-corrected chi connectivity index (χ4v) is 3.23. The van der Waals surface area contributed by atoms with Crippen LogP contribution in [0.1, 0.15) is 36.3 Å². The summed E-state index contributed by atoms with van der Waals surface area (Å²) in [7, 11) is 0. The molecule has 0 spiro atoms. The number of hydrogen-bond acceptors (Lipinski definition) is 6. The topological polar surface area (TPSA) is 113 Å². The zero-order valence-electron chi connectivity index (χ0n) is 15.3. The number of carbonyl (C=O) groups excluding carboxylic acids is 1. The number of hydrogen-bond donors (Lipinski definition) is 2. The summed E-state index contributed by atoms with van der Waals surface area (Å²) in [4.78, 5) is 18.9. The molecule has 1 atom stereocenters. The standard InChI is InChI=1S/C18H21N7O2/c1-11-19-16(23-21-11)14-4-3-9-25(10-14)18(26)20-15-7-5-13(6-8-15)17-24-22-12(2)27-17/h5-8,14H,3-4,9-10H2,1-2H3,(H,20,26)(H,19,21,23). The Morgan fingerprint density at radius 2 is 2.07 bits per heavy atom. The van der Waals surface area contributed by atoms with Crippen molar-refractivity contribution in [3.8, 4) is 11.5 Å². The zero-order valence-corrected chi connectivity index (χ0v) is 15.3. The minimum atomic E-state index is -0.117. The second-order valence-corrected chi connectivity index (χ2v) is 6.70. The van der Waals surface area contributed by atoms with Gasteiger partial charge in [-0.15, -0.1) is 10.2 Å². The summed E-state index contributed by atoms with van der Waals surface area (Å²) in [6, 6.07) is 7.23. The molecule has 3 aromatic rings. The fourth-order valence-electron chi connectivity index (χ4n) is 3.23. The lowest BCUT2D eigenvalue weighted by Gasteiger charge is -2.31. The zero-order chi connectivity index (χ0) is 18.8. The Morgan fingerprint density at radius 1 is 1.26 bits per heavy atom. The number of H-pyrrole nitrogens is 1. The van der Waals surface area contributed by atoms with Crippen LogP contribution in [-0.4, -0.2) is 49.4 Å². The molecule has 0 saturated carbocycles. The highest BCUT2D eigenvalue weighted by Crippen LogP contribution is 2.25. The number of nitrogens with zero attached hydrogens (tertiary/aromatic N) is 5. The van der Waals surface area contributed by atoms with E-state index in [1.54, 1.807) is 6.92 Å². The highest BCUT2D eigenvalue weighted by molar-refractivity contribution is 5.89. The highest BCUT2D eigenvalue weighted by atomic mass is 16.4. The van der Waals surface area contributed by atoms with Crippen LogP contribution in [0.5, 0.6) is 0 Å². The third kappa shape index (κ3) is 3.81. The van der Waals surface area contributed by atoms with Crippen molar-refractivity contribution >= 4 is 11.7 Å². The van der Waals surface area contributed by atoms with E-state index in [4.69, 9.17) is 4.42 Å². The lowest BCUT2D eigenvalue weighted by Crippen LogP contribution is -2.41. The van der Waals surface area contributed by atoms with E-state index in [-0.39, 0.29) is 11.9 Å². The minimum Gasteiger partial charge on any atom is -0.421 e. The Bertz CT molecular complexity index is 931. The number of aryl methyl sites for hydroxylation is 2. The van der Waals surface area contributed by atoms with Crippen LogP contribution in [0.4, 0.5) is 10.5 Å². The molecule has 140 valence electrons. The van der Waals surface area contributed by atoms with Crippen molar-refractivity contribution < 1.29 is 9.21 Å². The number of anilines is 1. The van der Waals surface area contributed by atoms with Crippen LogP contribution in [0.25, 0.3) is 11.5 Å². The molecule has 0 bridgehead atoms. The molecular formula is C18H21N7O2. The average Bonchev–Trinajstić information content (AvgIpc) is 3.31. The molecule has 1 aromatic carbocycles. The van der Waals surface area contributed by atoms with Crippen molar-refractivity contribution in [2.75, 3.05) is 18.4 Å². The van der Waals surface area contributed by atoms with E-state index >= 15 is 0 Å². The van der Waals surface area contributed by atoms with Crippen LogP contribution in [-0.2, 0) is 0 Å². The van der Waals surface area contributed by atoms with Gasteiger partial charge in [0.25, 0.3) is 0 Å². The number of likely N-dealkylation sites (tertiary alicyclic amines) is 1. The van der Waals surface area contributed by atoms with Gasteiger partial charge >= 0.3 is 6.03 Å².